The van der Waals surface area contributed by atoms with E-state index in [1.165, 1.54) is 10.7 Å². The minimum atomic E-state index is -4.50. The summed E-state index contributed by atoms with van der Waals surface area (Å²) in [5, 5.41) is 14.9. The molecule has 3 aromatic heterocycles. The second-order valence-corrected chi connectivity index (χ2v) is 11.1. The zero-order chi connectivity index (χ0) is 26.5. The Kier molecular flexibility index (Phi) is 6.28. The van der Waals surface area contributed by atoms with E-state index >= 15 is 0 Å². The second-order valence-electron chi connectivity index (χ2n) is 10.0. The number of thioether (sulfide) groups is 1. The Labute approximate surface area is 221 Å². The van der Waals surface area contributed by atoms with Crippen molar-refractivity contribution < 1.29 is 22.7 Å². The summed E-state index contributed by atoms with van der Waals surface area (Å²) in [6, 6.07) is 5.30. The van der Waals surface area contributed by atoms with Gasteiger partial charge in [-0.05, 0) is 55.6 Å². The third-order valence-corrected chi connectivity index (χ3v) is 8.15. The largest absolute Gasteiger partial charge is 0.446 e. The zero-order valence-corrected chi connectivity index (χ0v) is 21.4. The van der Waals surface area contributed by atoms with Crippen molar-refractivity contribution in [2.75, 3.05) is 45.2 Å². The van der Waals surface area contributed by atoms with Gasteiger partial charge in [0.25, 0.3) is 5.91 Å². The van der Waals surface area contributed by atoms with Gasteiger partial charge in [0.15, 0.2) is 0 Å². The highest BCUT2D eigenvalue weighted by Crippen LogP contribution is 2.51. The van der Waals surface area contributed by atoms with Crippen molar-refractivity contribution in [2.24, 2.45) is 5.92 Å². The van der Waals surface area contributed by atoms with E-state index in [2.05, 4.69) is 44.6 Å². The van der Waals surface area contributed by atoms with E-state index in [-0.39, 0.29) is 46.4 Å². The van der Waals surface area contributed by atoms with E-state index in [0.29, 0.717) is 36.0 Å². The average Bonchev–Trinajstić information content (AvgIpc) is 3.14. The number of nitrogens with one attached hydrogen (secondary N) is 2. The Balaban J connectivity index is 1.21. The van der Waals surface area contributed by atoms with Gasteiger partial charge in [-0.15, -0.1) is 0 Å². The molecule has 3 aromatic rings. The molecule has 1 saturated carbocycles. The summed E-state index contributed by atoms with van der Waals surface area (Å²) >= 11 is -0.227. The fourth-order valence-electron chi connectivity index (χ4n) is 5.08. The molecule has 0 bridgehead atoms. The molecule has 200 valence electrons. The fraction of sp³-hybridized carbons (Fsp3) is 0.480. The lowest BCUT2D eigenvalue weighted by Crippen LogP contribution is -2.39. The van der Waals surface area contributed by atoms with Crippen LogP contribution < -0.4 is 10.6 Å². The lowest BCUT2D eigenvalue weighted by molar-refractivity contribution is -0.0328. The lowest BCUT2D eigenvalue weighted by atomic mass is 10.1. The maximum absolute atomic E-state index is 13.5. The number of piperidine rings is 1. The van der Waals surface area contributed by atoms with Crippen molar-refractivity contribution in [2.45, 2.75) is 34.8 Å². The van der Waals surface area contributed by atoms with Crippen LogP contribution in [0.2, 0.25) is 0 Å². The third-order valence-electron chi connectivity index (χ3n) is 7.31. The first-order chi connectivity index (χ1) is 18.2. The molecule has 1 aliphatic carbocycles. The maximum atomic E-state index is 13.5. The molecule has 3 fully saturated rings. The van der Waals surface area contributed by atoms with Crippen molar-refractivity contribution in [3.05, 3.63) is 41.9 Å². The molecule has 6 rings (SSSR count). The number of alkyl halides is 3. The number of likely N-dealkylation sites (tertiary alicyclic amines) is 1. The minimum absolute atomic E-state index is 0.0156. The number of nitrogens with zero attached hydrogens (tertiary/aromatic N) is 5. The second kappa shape index (κ2) is 9.52. The van der Waals surface area contributed by atoms with E-state index in [0.717, 1.165) is 25.9 Å². The predicted molar refractivity (Wildman–Crippen MR) is 135 cm³/mol. The molecule has 1 amide bonds. The van der Waals surface area contributed by atoms with E-state index < -0.39 is 5.51 Å². The molecule has 0 aromatic carbocycles. The molecule has 2 aliphatic heterocycles. The monoisotopic (exact) mass is 545 g/mol. The van der Waals surface area contributed by atoms with Gasteiger partial charge in [-0.1, -0.05) is 12.0 Å². The third kappa shape index (κ3) is 4.95. The molecule has 2 atom stereocenters. The van der Waals surface area contributed by atoms with Gasteiger partial charge in [0.1, 0.15) is 11.5 Å². The van der Waals surface area contributed by atoms with Crippen LogP contribution in [0, 0.1) is 17.8 Å². The van der Waals surface area contributed by atoms with Crippen molar-refractivity contribution in [1.29, 1.82) is 0 Å². The average molecular weight is 546 g/mol. The van der Waals surface area contributed by atoms with Gasteiger partial charge in [0, 0.05) is 24.8 Å². The van der Waals surface area contributed by atoms with Gasteiger partial charge in [0.2, 0.25) is 0 Å². The highest BCUT2D eigenvalue weighted by molar-refractivity contribution is 8.00. The number of carbonyl (C=O) groups is 1. The first-order valence-corrected chi connectivity index (χ1v) is 13.2. The minimum Gasteiger partial charge on any atom is -0.377 e. The molecule has 9 nitrogen and oxygen atoms in total. The molecule has 0 unspecified atom stereocenters. The quantitative estimate of drug-likeness (QED) is 0.364. The van der Waals surface area contributed by atoms with Gasteiger partial charge in [0.05, 0.1) is 48.0 Å². The van der Waals surface area contributed by atoms with Crippen LogP contribution in [0.15, 0.2) is 35.5 Å². The Morgan fingerprint density at radius 3 is 2.92 bits per heavy atom. The number of rotatable bonds is 6. The molecule has 0 spiro atoms. The summed E-state index contributed by atoms with van der Waals surface area (Å²) in [6.07, 6.45) is 5.09. The Morgan fingerprint density at radius 2 is 2.18 bits per heavy atom. The Hall–Kier alpha value is -3.21. The Bertz CT molecular complexity index is 1440. The van der Waals surface area contributed by atoms with Gasteiger partial charge in [-0.25, -0.2) is 4.52 Å². The van der Waals surface area contributed by atoms with Crippen LogP contribution in [0.1, 0.15) is 34.9 Å². The number of fused-ring (bicyclic) bond motifs is 2. The summed E-state index contributed by atoms with van der Waals surface area (Å²) in [5.41, 5.74) is -3.82. The first-order valence-electron chi connectivity index (χ1n) is 12.3. The summed E-state index contributed by atoms with van der Waals surface area (Å²) in [6.45, 7) is 3.02. The van der Waals surface area contributed by atoms with Crippen molar-refractivity contribution in [1.82, 2.24) is 29.6 Å². The van der Waals surface area contributed by atoms with Crippen LogP contribution in [0.4, 0.5) is 19.0 Å². The topological polar surface area (TPSA) is 88.7 Å². The lowest BCUT2D eigenvalue weighted by Gasteiger charge is -2.30. The molecule has 2 N–H and O–H groups in total. The smallest absolute Gasteiger partial charge is 0.377 e. The van der Waals surface area contributed by atoms with Crippen molar-refractivity contribution in [3.63, 3.8) is 0 Å². The molecule has 13 heteroatoms. The van der Waals surface area contributed by atoms with Crippen LogP contribution in [0.25, 0.3) is 5.52 Å². The molecular weight excluding hydrogens is 519 g/mol. The summed E-state index contributed by atoms with van der Waals surface area (Å²) in [5.74, 6) is 6.28. The highest BCUT2D eigenvalue weighted by atomic mass is 32.2. The number of hydrogen-bond acceptors (Lipinski definition) is 7. The summed E-state index contributed by atoms with van der Waals surface area (Å²) in [7, 11) is 2.10. The number of ether oxygens (including phenoxy) is 1. The number of aromatic nitrogens is 4. The normalized spacial score (nSPS) is 23.3. The molecule has 2 saturated heterocycles. The van der Waals surface area contributed by atoms with Crippen LogP contribution in [0.5, 0.6) is 0 Å². The molecule has 0 radical (unpaired) electrons. The van der Waals surface area contributed by atoms with Crippen LogP contribution in [0.3, 0.4) is 0 Å². The van der Waals surface area contributed by atoms with E-state index in [9.17, 15) is 18.0 Å². The predicted octanol–water partition coefficient (Wildman–Crippen LogP) is 3.00. The van der Waals surface area contributed by atoms with Gasteiger partial charge >= 0.3 is 5.51 Å². The summed E-state index contributed by atoms with van der Waals surface area (Å²) < 4.78 is 48.7. The van der Waals surface area contributed by atoms with Crippen LogP contribution >= 0.6 is 11.8 Å². The molecule has 3 aliphatic rings. The fourth-order valence-corrected chi connectivity index (χ4v) is 5.76. The van der Waals surface area contributed by atoms with Gasteiger partial charge in [-0.2, -0.15) is 23.4 Å². The number of amides is 1. The number of pyridine rings is 1. The molecule has 5 heterocycles. The summed E-state index contributed by atoms with van der Waals surface area (Å²) in [4.78, 5) is 14.7. The number of anilines is 1. The van der Waals surface area contributed by atoms with E-state index in [1.807, 2.05) is 6.07 Å². The van der Waals surface area contributed by atoms with Crippen molar-refractivity contribution in [3.8, 4) is 11.8 Å². The van der Waals surface area contributed by atoms with Gasteiger partial charge < -0.3 is 20.3 Å². The zero-order valence-electron chi connectivity index (χ0n) is 20.6. The van der Waals surface area contributed by atoms with E-state index in [4.69, 9.17) is 4.74 Å². The maximum Gasteiger partial charge on any atom is 0.446 e. The number of carbonyl (C=O) groups excluding carboxylic acids is 1. The van der Waals surface area contributed by atoms with Gasteiger partial charge in [-0.3, -0.25) is 9.48 Å². The van der Waals surface area contributed by atoms with Crippen LogP contribution in [-0.4, -0.2) is 81.1 Å². The van der Waals surface area contributed by atoms with E-state index in [1.54, 1.807) is 23.0 Å². The highest BCUT2D eigenvalue weighted by Gasteiger charge is 2.56. The standard InChI is InChI=1S/C25H26F3N7O2S/c1-33-9-7-24(10-17(24)13-33)31-21-6-2-5-20-22(38-25(26,27)28)19(32-35(20)21)4-3-8-29-23(36)16-11-30-34(12-16)18-14-37-15-18/h2,5-6,11-12,17-18,31H,7-10,13-15H2,1H3,(H,29,36)/t17-,24+/m0/s1. The number of hydrogen-bond donors (Lipinski definition) is 2. The first kappa shape index (κ1) is 25.1. The number of halogens is 3. The van der Waals surface area contributed by atoms with Crippen LogP contribution in [-0.2, 0) is 4.74 Å². The SMILES string of the molecule is CN1CC[C@@]2(Nc3cccc4c(SC(F)(F)F)c(C#CCNC(=O)c5cnn(C6COC6)c5)nn34)C[C@H]2C1. The van der Waals surface area contributed by atoms with Crippen molar-refractivity contribution >= 4 is 29.0 Å². The Morgan fingerprint density at radius 1 is 1.34 bits per heavy atom. The molecule has 38 heavy (non-hydrogen) atoms. The molecular formula is C25H26F3N7O2S.